The Labute approximate surface area is 137 Å². The molecule has 1 atom stereocenters. The van der Waals surface area contributed by atoms with Gasteiger partial charge in [-0.15, -0.1) is 0 Å². The molecule has 0 radical (unpaired) electrons. The molecule has 0 aromatic heterocycles. The van der Waals surface area contributed by atoms with Crippen molar-refractivity contribution < 1.29 is 14.2 Å². The summed E-state index contributed by atoms with van der Waals surface area (Å²) >= 11 is 3.61. The van der Waals surface area contributed by atoms with Gasteiger partial charge in [-0.2, -0.15) is 0 Å². The van der Waals surface area contributed by atoms with E-state index >= 15 is 0 Å². The van der Waals surface area contributed by atoms with E-state index in [1.54, 1.807) is 14.2 Å². The van der Waals surface area contributed by atoms with Crippen LogP contribution in [0.5, 0.6) is 11.5 Å². The average molecular weight is 359 g/mol. The number of alkyl halides is 1. The van der Waals surface area contributed by atoms with E-state index in [-0.39, 0.29) is 0 Å². The van der Waals surface area contributed by atoms with Crippen LogP contribution >= 0.6 is 15.9 Å². The summed E-state index contributed by atoms with van der Waals surface area (Å²) in [5, 5.41) is 1.01. The van der Waals surface area contributed by atoms with E-state index in [1.807, 2.05) is 6.07 Å². The van der Waals surface area contributed by atoms with Gasteiger partial charge in [-0.1, -0.05) is 35.8 Å². The molecule has 0 amide bonds. The van der Waals surface area contributed by atoms with Crippen LogP contribution in [0.25, 0.3) is 0 Å². The van der Waals surface area contributed by atoms with Crippen molar-refractivity contribution in [2.75, 3.05) is 32.8 Å². The zero-order chi connectivity index (χ0) is 15.7. The van der Waals surface area contributed by atoms with E-state index < -0.39 is 0 Å². The smallest absolute Gasteiger partial charge is 0.161 e. The normalized spacial score (nSPS) is 12.5. The monoisotopic (exact) mass is 358 g/mol. The highest BCUT2D eigenvalue weighted by atomic mass is 79.9. The molecule has 0 N–H and O–H groups in total. The standard InChI is InChI=1S/C17H27BrO3/c1-13(2)15(12-18)10-14-6-7-16(20-4)17(11-14)21-9-5-8-19-3/h6-7,11,13,15H,5,8-10,12H2,1-4H3. The van der Waals surface area contributed by atoms with Crippen LogP contribution < -0.4 is 9.47 Å². The van der Waals surface area contributed by atoms with Crippen molar-refractivity contribution in [3.05, 3.63) is 23.8 Å². The molecule has 1 rings (SSSR count). The van der Waals surface area contributed by atoms with Gasteiger partial charge >= 0.3 is 0 Å². The van der Waals surface area contributed by atoms with Gasteiger partial charge in [0.1, 0.15) is 0 Å². The van der Waals surface area contributed by atoms with Crippen molar-refractivity contribution >= 4 is 15.9 Å². The van der Waals surface area contributed by atoms with Gasteiger partial charge in [0.25, 0.3) is 0 Å². The highest BCUT2D eigenvalue weighted by Crippen LogP contribution is 2.30. The summed E-state index contributed by atoms with van der Waals surface area (Å²) in [6, 6.07) is 6.22. The van der Waals surface area contributed by atoms with E-state index in [0.29, 0.717) is 25.0 Å². The maximum atomic E-state index is 5.83. The second kappa shape index (κ2) is 10.1. The fourth-order valence-electron chi connectivity index (χ4n) is 2.12. The van der Waals surface area contributed by atoms with Crippen LogP contribution in [0.4, 0.5) is 0 Å². The molecule has 0 aliphatic rings. The molecule has 1 aromatic rings. The predicted molar refractivity (Wildman–Crippen MR) is 90.8 cm³/mol. The Morgan fingerprint density at radius 3 is 2.43 bits per heavy atom. The number of hydrogen-bond donors (Lipinski definition) is 0. The molecule has 21 heavy (non-hydrogen) atoms. The van der Waals surface area contributed by atoms with Crippen LogP contribution in [-0.2, 0) is 11.2 Å². The fourth-order valence-corrected chi connectivity index (χ4v) is 3.09. The van der Waals surface area contributed by atoms with Crippen LogP contribution in [-0.4, -0.2) is 32.8 Å². The number of benzene rings is 1. The molecule has 1 unspecified atom stereocenters. The number of methoxy groups -OCH3 is 2. The van der Waals surface area contributed by atoms with Crippen molar-refractivity contribution in [3.8, 4) is 11.5 Å². The number of hydrogen-bond acceptors (Lipinski definition) is 3. The van der Waals surface area contributed by atoms with Crippen LogP contribution in [0.1, 0.15) is 25.8 Å². The highest BCUT2D eigenvalue weighted by Gasteiger charge is 2.14. The maximum Gasteiger partial charge on any atom is 0.161 e. The SMILES string of the molecule is COCCCOc1cc(CC(CBr)C(C)C)ccc1OC. The lowest BCUT2D eigenvalue weighted by Gasteiger charge is -2.19. The predicted octanol–water partition coefficient (Wildman–Crippen LogP) is 4.32. The van der Waals surface area contributed by atoms with E-state index in [0.717, 1.165) is 29.7 Å². The molecule has 0 aliphatic heterocycles. The van der Waals surface area contributed by atoms with Gasteiger partial charge in [-0.25, -0.2) is 0 Å². The highest BCUT2D eigenvalue weighted by molar-refractivity contribution is 9.09. The Bertz CT molecular complexity index is 407. The lowest BCUT2D eigenvalue weighted by molar-refractivity contribution is 0.170. The van der Waals surface area contributed by atoms with E-state index in [2.05, 4.69) is 41.9 Å². The van der Waals surface area contributed by atoms with Gasteiger partial charge < -0.3 is 14.2 Å². The molecule has 0 saturated carbocycles. The summed E-state index contributed by atoms with van der Waals surface area (Å²) in [7, 11) is 3.37. The zero-order valence-electron chi connectivity index (χ0n) is 13.5. The van der Waals surface area contributed by atoms with Crippen LogP contribution in [0, 0.1) is 11.8 Å². The van der Waals surface area contributed by atoms with Gasteiger partial charge in [0.2, 0.25) is 0 Å². The van der Waals surface area contributed by atoms with Gasteiger partial charge in [0, 0.05) is 25.5 Å². The molecule has 0 saturated heterocycles. The van der Waals surface area contributed by atoms with Crippen molar-refractivity contribution in [1.82, 2.24) is 0 Å². The van der Waals surface area contributed by atoms with E-state index in [1.165, 1.54) is 5.56 Å². The minimum absolute atomic E-state index is 0.625. The second-order valence-corrected chi connectivity index (χ2v) is 6.19. The Balaban J connectivity index is 2.74. The Kier molecular flexibility index (Phi) is 8.77. The first-order valence-electron chi connectivity index (χ1n) is 7.47. The van der Waals surface area contributed by atoms with E-state index in [4.69, 9.17) is 14.2 Å². The summed E-state index contributed by atoms with van der Waals surface area (Å²) in [5.41, 5.74) is 1.29. The molecule has 0 aliphatic carbocycles. The van der Waals surface area contributed by atoms with Gasteiger partial charge in [0.15, 0.2) is 11.5 Å². The Morgan fingerprint density at radius 1 is 1.10 bits per heavy atom. The summed E-state index contributed by atoms with van der Waals surface area (Å²) < 4.78 is 16.2. The first-order chi connectivity index (χ1) is 10.1. The van der Waals surface area contributed by atoms with Gasteiger partial charge in [0.05, 0.1) is 13.7 Å². The first kappa shape index (κ1) is 18.3. The molecular weight excluding hydrogens is 332 g/mol. The second-order valence-electron chi connectivity index (χ2n) is 5.54. The molecule has 0 spiro atoms. The minimum Gasteiger partial charge on any atom is -0.493 e. The van der Waals surface area contributed by atoms with Crippen molar-refractivity contribution in [3.63, 3.8) is 0 Å². The topological polar surface area (TPSA) is 27.7 Å². The lowest BCUT2D eigenvalue weighted by Crippen LogP contribution is -2.13. The zero-order valence-corrected chi connectivity index (χ0v) is 15.1. The summed E-state index contributed by atoms with van der Waals surface area (Å²) in [6.45, 7) is 5.87. The number of halogens is 1. The molecule has 4 heteroatoms. The molecule has 3 nitrogen and oxygen atoms in total. The maximum absolute atomic E-state index is 5.83. The first-order valence-corrected chi connectivity index (χ1v) is 8.59. The van der Waals surface area contributed by atoms with E-state index in [9.17, 15) is 0 Å². The third-order valence-electron chi connectivity index (χ3n) is 3.62. The summed E-state index contributed by atoms with van der Waals surface area (Å²) in [4.78, 5) is 0. The van der Waals surface area contributed by atoms with Crippen molar-refractivity contribution in [2.24, 2.45) is 11.8 Å². The summed E-state index contributed by atoms with van der Waals surface area (Å²) in [5.74, 6) is 2.89. The Hall–Kier alpha value is -0.740. The van der Waals surface area contributed by atoms with Crippen molar-refractivity contribution in [2.45, 2.75) is 26.7 Å². The average Bonchev–Trinajstić information content (AvgIpc) is 2.49. The Morgan fingerprint density at radius 2 is 1.86 bits per heavy atom. The van der Waals surface area contributed by atoms with Gasteiger partial charge in [-0.3, -0.25) is 0 Å². The third kappa shape index (κ3) is 6.27. The van der Waals surface area contributed by atoms with Crippen LogP contribution in [0.15, 0.2) is 18.2 Å². The minimum atomic E-state index is 0.625. The third-order valence-corrected chi connectivity index (χ3v) is 4.45. The molecule has 1 aromatic carbocycles. The molecule has 0 heterocycles. The largest absolute Gasteiger partial charge is 0.493 e. The van der Waals surface area contributed by atoms with Crippen LogP contribution in [0.2, 0.25) is 0 Å². The summed E-state index contributed by atoms with van der Waals surface area (Å²) in [6.07, 6.45) is 1.92. The molecule has 0 bridgehead atoms. The fraction of sp³-hybridized carbons (Fsp3) is 0.647. The van der Waals surface area contributed by atoms with Gasteiger partial charge in [-0.05, 0) is 36.0 Å². The molecular formula is C17H27BrO3. The lowest BCUT2D eigenvalue weighted by atomic mass is 9.91. The number of rotatable bonds is 10. The molecule has 120 valence electrons. The molecule has 0 fully saturated rings. The number of ether oxygens (including phenoxy) is 3. The van der Waals surface area contributed by atoms with Crippen LogP contribution in [0.3, 0.4) is 0 Å². The van der Waals surface area contributed by atoms with Crippen molar-refractivity contribution in [1.29, 1.82) is 0 Å². The quantitative estimate of drug-likeness (QED) is 0.460.